The van der Waals surface area contributed by atoms with Gasteiger partial charge in [-0.15, -0.1) is 42.0 Å². The van der Waals surface area contributed by atoms with Crippen molar-refractivity contribution in [2.45, 2.75) is 53.8 Å². The Morgan fingerprint density at radius 2 is 1.49 bits per heavy atom. The molecule has 0 saturated heterocycles. The summed E-state index contributed by atoms with van der Waals surface area (Å²) in [6.45, 7) is 16.0. The van der Waals surface area contributed by atoms with Crippen molar-refractivity contribution in [2.24, 2.45) is 5.92 Å². The van der Waals surface area contributed by atoms with E-state index in [0.29, 0.717) is 5.92 Å². The molecule has 0 bridgehead atoms. The molecular weight excluding hydrogens is 891 g/mol. The van der Waals surface area contributed by atoms with Crippen LogP contribution >= 0.6 is 0 Å². The fraction of sp³-hybridized carbons (Fsp3) is 0.176. The van der Waals surface area contributed by atoms with Crippen LogP contribution < -0.4 is 5.19 Å². The first-order chi connectivity index (χ1) is 27.0. The van der Waals surface area contributed by atoms with E-state index in [9.17, 15) is 0 Å². The van der Waals surface area contributed by atoms with Gasteiger partial charge in [0, 0.05) is 43.8 Å². The molecule has 0 spiro atoms. The molecule has 6 heteroatoms. The van der Waals surface area contributed by atoms with Crippen LogP contribution in [0.4, 0.5) is 0 Å². The van der Waals surface area contributed by atoms with Crippen molar-refractivity contribution >= 4 is 46.0 Å². The molecule has 3 aromatic heterocycles. The average Bonchev–Trinajstić information content (AvgIpc) is 3.79. The van der Waals surface area contributed by atoms with Gasteiger partial charge in [0.05, 0.1) is 24.9 Å². The van der Waals surface area contributed by atoms with Gasteiger partial charge in [-0.3, -0.25) is 4.98 Å². The molecule has 0 aliphatic carbocycles. The number of furan rings is 1. The number of pyridine rings is 1. The molecule has 0 atom stereocenters. The second kappa shape index (κ2) is 16.6. The zero-order valence-corrected chi connectivity index (χ0v) is 37.0. The van der Waals surface area contributed by atoms with Gasteiger partial charge >= 0.3 is 0 Å². The molecule has 9 aromatic rings. The summed E-state index contributed by atoms with van der Waals surface area (Å²) >= 11 is 0. The third-order valence-electron chi connectivity index (χ3n) is 10.5. The molecule has 57 heavy (non-hydrogen) atoms. The number of para-hydroxylation sites is 2. The van der Waals surface area contributed by atoms with E-state index in [-0.39, 0.29) is 20.1 Å². The SMILES string of the molecule is CC(C)Cc1cc(-c2[c-]cccc2)ncc1[Si](C)(C)C.Cc1cccc(C)c1-c1ccc2c(-c3nc4ccccc4n3-c3ccc4ccccc4c3)[c-]oc2c1.[Ir]. The van der Waals surface area contributed by atoms with E-state index in [1.807, 2.05) is 24.3 Å². The van der Waals surface area contributed by atoms with Gasteiger partial charge < -0.3 is 14.0 Å². The number of aromatic nitrogens is 3. The fourth-order valence-corrected chi connectivity index (χ4v) is 9.41. The molecule has 3 heterocycles. The Bertz CT molecular complexity index is 2810. The van der Waals surface area contributed by atoms with Crippen LogP contribution in [0.2, 0.25) is 19.6 Å². The van der Waals surface area contributed by atoms with Crippen LogP contribution in [-0.2, 0) is 26.5 Å². The van der Waals surface area contributed by atoms with Gasteiger partial charge in [0.2, 0.25) is 0 Å². The van der Waals surface area contributed by atoms with E-state index >= 15 is 0 Å². The van der Waals surface area contributed by atoms with Crippen LogP contribution in [0.3, 0.4) is 0 Å². The predicted molar refractivity (Wildman–Crippen MR) is 238 cm³/mol. The van der Waals surface area contributed by atoms with Crippen molar-refractivity contribution in [3.8, 4) is 39.5 Å². The summed E-state index contributed by atoms with van der Waals surface area (Å²) in [5, 5.41) is 4.90. The summed E-state index contributed by atoms with van der Waals surface area (Å²) in [5.74, 6) is 1.49. The van der Waals surface area contributed by atoms with Gasteiger partial charge in [-0.05, 0) is 94.4 Å². The monoisotopic (exact) mass is 938 g/mol. The Labute approximate surface area is 351 Å². The van der Waals surface area contributed by atoms with Crippen molar-refractivity contribution in [1.29, 1.82) is 0 Å². The Hall–Kier alpha value is -5.39. The van der Waals surface area contributed by atoms with E-state index in [1.165, 1.54) is 38.2 Å². The topological polar surface area (TPSA) is 43.9 Å². The van der Waals surface area contributed by atoms with Crippen molar-refractivity contribution in [3.63, 3.8) is 0 Å². The third-order valence-corrected chi connectivity index (χ3v) is 12.5. The van der Waals surface area contributed by atoms with Gasteiger partial charge in [-0.25, -0.2) is 0 Å². The minimum absolute atomic E-state index is 0. The minimum Gasteiger partial charge on any atom is -0.557 e. The summed E-state index contributed by atoms with van der Waals surface area (Å²) < 4.78 is 8.23. The Balaban J connectivity index is 0.000000202. The molecule has 0 aliphatic rings. The first kappa shape index (κ1) is 39.8. The van der Waals surface area contributed by atoms with Crippen molar-refractivity contribution in [2.75, 3.05) is 0 Å². The van der Waals surface area contributed by atoms with Crippen LogP contribution in [0.25, 0.3) is 72.2 Å². The molecule has 9 rings (SSSR count). The predicted octanol–water partition coefficient (Wildman–Crippen LogP) is 13.0. The number of fused-ring (bicyclic) bond motifs is 3. The maximum atomic E-state index is 6.02. The molecule has 1 radical (unpaired) electrons. The third kappa shape index (κ3) is 8.22. The summed E-state index contributed by atoms with van der Waals surface area (Å²) in [7, 11) is -1.34. The molecule has 6 aromatic carbocycles. The second-order valence-electron chi connectivity index (χ2n) is 16.2. The van der Waals surface area contributed by atoms with Crippen LogP contribution in [0.5, 0.6) is 0 Å². The van der Waals surface area contributed by atoms with E-state index in [0.717, 1.165) is 62.3 Å². The maximum Gasteiger partial charge on any atom is 0.0798 e. The Kier molecular flexibility index (Phi) is 11.6. The van der Waals surface area contributed by atoms with Crippen LogP contribution in [0.15, 0.2) is 144 Å². The van der Waals surface area contributed by atoms with Crippen LogP contribution in [-0.4, -0.2) is 22.6 Å². The number of rotatable bonds is 7. The summed E-state index contributed by atoms with van der Waals surface area (Å²) in [4.78, 5) is 9.73. The Morgan fingerprint density at radius 3 is 2.23 bits per heavy atom. The fourth-order valence-electron chi connectivity index (χ4n) is 7.82. The first-order valence-electron chi connectivity index (χ1n) is 19.5. The van der Waals surface area contributed by atoms with E-state index in [2.05, 4.69) is 185 Å². The molecule has 0 N–H and O–H groups in total. The number of aryl methyl sites for hydroxylation is 2. The van der Waals surface area contributed by atoms with E-state index < -0.39 is 8.07 Å². The minimum atomic E-state index is -1.34. The average molecular weight is 938 g/mol. The van der Waals surface area contributed by atoms with E-state index in [1.54, 1.807) is 0 Å². The molecular formula is C51H47IrN3OSi-2. The summed E-state index contributed by atoms with van der Waals surface area (Å²) in [6.07, 6.45) is 6.43. The van der Waals surface area contributed by atoms with Gasteiger partial charge in [0.1, 0.15) is 0 Å². The molecule has 0 saturated carbocycles. The standard InChI is InChI=1S/C33H23N2O.C18H24NSi.Ir/c1-21-8-7-9-22(2)32(21)25-15-17-27-28(20-36-31(27)19-25)33-34-29-12-5-6-13-30(29)35(33)26-16-14-23-10-3-4-11-24(23)18-26;1-14(2)11-16-12-17(15-9-7-6-8-10-15)19-13-18(16)20(3,4)5;/h3-19H,1-2H3;6-9,12-14H,11H2,1-5H3;/q2*-1;. The largest absolute Gasteiger partial charge is 0.557 e. The molecule has 0 fully saturated rings. The normalized spacial score (nSPS) is 11.5. The zero-order valence-electron chi connectivity index (χ0n) is 33.6. The number of imidazole rings is 1. The quantitative estimate of drug-likeness (QED) is 0.118. The maximum absolute atomic E-state index is 6.02. The van der Waals surface area contributed by atoms with Crippen molar-refractivity contribution in [1.82, 2.24) is 14.5 Å². The van der Waals surface area contributed by atoms with Gasteiger partial charge in [-0.2, -0.15) is 0 Å². The smallest absolute Gasteiger partial charge is 0.0798 e. The molecule has 287 valence electrons. The second-order valence-corrected chi connectivity index (χ2v) is 21.2. The van der Waals surface area contributed by atoms with Gasteiger partial charge in [-0.1, -0.05) is 129 Å². The van der Waals surface area contributed by atoms with Crippen LogP contribution in [0.1, 0.15) is 30.5 Å². The molecule has 0 unspecified atom stereocenters. The van der Waals surface area contributed by atoms with Crippen molar-refractivity contribution < 1.29 is 24.5 Å². The molecule has 4 nitrogen and oxygen atoms in total. The number of hydrogen-bond donors (Lipinski definition) is 0. The van der Waals surface area contributed by atoms with Crippen molar-refractivity contribution in [3.05, 3.63) is 169 Å². The van der Waals surface area contributed by atoms with E-state index in [4.69, 9.17) is 9.40 Å². The number of nitrogens with zero attached hydrogens (tertiary/aromatic N) is 3. The Morgan fingerprint density at radius 1 is 0.754 bits per heavy atom. The van der Waals surface area contributed by atoms with Crippen LogP contribution in [0, 0.1) is 32.1 Å². The van der Waals surface area contributed by atoms with Gasteiger partial charge in [0.25, 0.3) is 0 Å². The summed E-state index contributed by atoms with van der Waals surface area (Å²) in [6, 6.07) is 49.7. The number of benzene rings is 6. The molecule has 0 aliphatic heterocycles. The zero-order chi connectivity index (χ0) is 39.0. The van der Waals surface area contributed by atoms with Gasteiger partial charge in [0.15, 0.2) is 0 Å². The molecule has 0 amide bonds. The first-order valence-corrected chi connectivity index (χ1v) is 23.0. The summed E-state index contributed by atoms with van der Waals surface area (Å²) in [5.41, 5.74) is 13.2. The number of hydrogen-bond acceptors (Lipinski definition) is 3.